The monoisotopic (exact) mass is 267 g/mol. The summed E-state index contributed by atoms with van der Waals surface area (Å²) in [5, 5.41) is 19.4. The second-order valence-electron chi connectivity index (χ2n) is 2.95. The van der Waals surface area contributed by atoms with Gasteiger partial charge in [0, 0.05) is 21.4 Å². The molecule has 0 bridgehead atoms. The number of aromatic carboxylic acids is 1. The first kappa shape index (κ1) is 9.92. The number of aromatic hydroxyl groups is 1. The summed E-state index contributed by atoms with van der Waals surface area (Å²) in [6, 6.07) is 4.66. The summed E-state index contributed by atoms with van der Waals surface area (Å²) in [6.45, 7) is 0. The van der Waals surface area contributed by atoms with Crippen molar-refractivity contribution >= 4 is 32.7 Å². The zero-order chi connectivity index (χ0) is 11.0. The van der Waals surface area contributed by atoms with Crippen molar-refractivity contribution in [3.8, 4) is 5.75 Å². The second kappa shape index (κ2) is 3.51. The lowest BCUT2D eigenvalue weighted by Gasteiger charge is -2.05. The maximum atomic E-state index is 10.9. The number of phenolic OH excluding ortho intramolecular Hbond substituents is 1. The fourth-order valence-corrected chi connectivity index (χ4v) is 1.94. The summed E-state index contributed by atoms with van der Waals surface area (Å²) >= 11 is 3.24. The Balaban J connectivity index is 2.96. The number of benzene rings is 1. The van der Waals surface area contributed by atoms with Crippen molar-refractivity contribution in [1.82, 2.24) is 4.98 Å². The van der Waals surface area contributed by atoms with Crippen LogP contribution in [0.1, 0.15) is 10.5 Å². The lowest BCUT2D eigenvalue weighted by molar-refractivity contribution is 0.0693. The van der Waals surface area contributed by atoms with Crippen molar-refractivity contribution in [2.24, 2.45) is 0 Å². The van der Waals surface area contributed by atoms with Gasteiger partial charge in [0.15, 0.2) is 5.69 Å². The Morgan fingerprint density at radius 3 is 2.73 bits per heavy atom. The molecule has 0 aliphatic carbocycles. The van der Waals surface area contributed by atoms with Crippen LogP contribution in [0.3, 0.4) is 0 Å². The maximum Gasteiger partial charge on any atom is 0.355 e. The number of pyridine rings is 1. The fraction of sp³-hybridized carbons (Fsp3) is 0. The topological polar surface area (TPSA) is 70.4 Å². The van der Waals surface area contributed by atoms with Crippen LogP contribution in [0.2, 0.25) is 0 Å². The predicted octanol–water partition coefficient (Wildman–Crippen LogP) is 2.40. The Morgan fingerprint density at radius 2 is 2.07 bits per heavy atom. The number of rotatable bonds is 1. The SMILES string of the molecule is O=C(O)c1nccc2c(O)ccc(Br)c12. The minimum absolute atomic E-state index is 0.0399. The first-order valence-electron chi connectivity index (χ1n) is 4.10. The number of aromatic nitrogens is 1. The van der Waals surface area contributed by atoms with E-state index in [0.29, 0.717) is 15.2 Å². The van der Waals surface area contributed by atoms with Gasteiger partial charge in [0.25, 0.3) is 0 Å². The van der Waals surface area contributed by atoms with Gasteiger partial charge in [0.1, 0.15) is 5.75 Å². The number of halogens is 1. The van der Waals surface area contributed by atoms with Gasteiger partial charge >= 0.3 is 5.97 Å². The van der Waals surface area contributed by atoms with Gasteiger partial charge in [0.2, 0.25) is 0 Å². The van der Waals surface area contributed by atoms with Crippen molar-refractivity contribution in [2.75, 3.05) is 0 Å². The Bertz CT molecular complexity index is 554. The molecule has 0 spiro atoms. The number of carboxylic acid groups (broad SMARTS) is 1. The molecule has 5 heteroatoms. The summed E-state index contributed by atoms with van der Waals surface area (Å²) < 4.78 is 0.598. The molecule has 15 heavy (non-hydrogen) atoms. The molecule has 1 aromatic carbocycles. The molecule has 0 saturated heterocycles. The fourth-order valence-electron chi connectivity index (χ4n) is 1.40. The van der Waals surface area contributed by atoms with Crippen molar-refractivity contribution < 1.29 is 15.0 Å². The van der Waals surface area contributed by atoms with Gasteiger partial charge in [0.05, 0.1) is 0 Å². The first-order valence-corrected chi connectivity index (χ1v) is 4.90. The highest BCUT2D eigenvalue weighted by atomic mass is 79.9. The molecule has 0 radical (unpaired) electrons. The molecule has 0 amide bonds. The van der Waals surface area contributed by atoms with Crippen molar-refractivity contribution in [3.05, 3.63) is 34.6 Å². The van der Waals surface area contributed by atoms with Crippen molar-refractivity contribution in [2.45, 2.75) is 0 Å². The molecule has 2 rings (SSSR count). The number of hydrogen-bond acceptors (Lipinski definition) is 3. The number of carbonyl (C=O) groups is 1. The molecule has 1 heterocycles. The lowest BCUT2D eigenvalue weighted by Crippen LogP contribution is -2.01. The molecule has 0 fully saturated rings. The third-order valence-corrected chi connectivity index (χ3v) is 2.72. The summed E-state index contributed by atoms with van der Waals surface area (Å²) in [4.78, 5) is 14.7. The van der Waals surface area contributed by atoms with Crippen LogP contribution in [0.15, 0.2) is 28.9 Å². The Labute approximate surface area is 93.3 Å². The van der Waals surface area contributed by atoms with Crippen molar-refractivity contribution in [3.63, 3.8) is 0 Å². The molecule has 0 saturated carbocycles. The summed E-state index contributed by atoms with van der Waals surface area (Å²) in [7, 11) is 0. The van der Waals surface area contributed by atoms with Crippen molar-refractivity contribution in [1.29, 1.82) is 0 Å². The summed E-state index contributed by atoms with van der Waals surface area (Å²) in [6.07, 6.45) is 1.36. The molecule has 4 nitrogen and oxygen atoms in total. The summed E-state index contributed by atoms with van der Waals surface area (Å²) in [5.74, 6) is -1.08. The van der Waals surface area contributed by atoms with Crippen LogP contribution in [0.5, 0.6) is 5.75 Å². The predicted molar refractivity (Wildman–Crippen MR) is 58.1 cm³/mol. The van der Waals surface area contributed by atoms with E-state index in [4.69, 9.17) is 5.11 Å². The van der Waals surface area contributed by atoms with Gasteiger partial charge in [-0.2, -0.15) is 0 Å². The average Bonchev–Trinajstić information content (AvgIpc) is 2.23. The third-order valence-electron chi connectivity index (χ3n) is 2.06. The van der Waals surface area contributed by atoms with E-state index in [1.165, 1.54) is 12.3 Å². The minimum Gasteiger partial charge on any atom is -0.507 e. The zero-order valence-corrected chi connectivity index (χ0v) is 9.02. The van der Waals surface area contributed by atoms with Gasteiger partial charge < -0.3 is 10.2 Å². The van der Waals surface area contributed by atoms with E-state index in [1.54, 1.807) is 12.1 Å². The number of fused-ring (bicyclic) bond motifs is 1. The molecule has 1 aromatic heterocycles. The van der Waals surface area contributed by atoms with Gasteiger partial charge in [-0.25, -0.2) is 9.78 Å². The number of carboxylic acids is 1. The maximum absolute atomic E-state index is 10.9. The molecule has 2 aromatic rings. The Hall–Kier alpha value is -1.62. The normalized spacial score (nSPS) is 10.5. The third kappa shape index (κ3) is 1.55. The van der Waals surface area contributed by atoms with Gasteiger partial charge in [-0.05, 0) is 18.2 Å². The van der Waals surface area contributed by atoms with Crippen LogP contribution in [0.25, 0.3) is 10.8 Å². The average molecular weight is 268 g/mol. The quantitative estimate of drug-likeness (QED) is 0.833. The molecular weight excluding hydrogens is 262 g/mol. The largest absolute Gasteiger partial charge is 0.507 e. The molecule has 0 aliphatic heterocycles. The van der Waals surface area contributed by atoms with E-state index in [2.05, 4.69) is 20.9 Å². The second-order valence-corrected chi connectivity index (χ2v) is 3.81. The van der Waals surface area contributed by atoms with Crippen LogP contribution in [-0.4, -0.2) is 21.2 Å². The van der Waals surface area contributed by atoms with Gasteiger partial charge in [-0.1, -0.05) is 15.9 Å². The standard InChI is InChI=1S/C10H6BrNO3/c11-6-1-2-7(13)5-3-4-12-9(8(5)6)10(14)15/h1-4,13H,(H,14,15). The van der Waals surface area contributed by atoms with Crippen LogP contribution in [0, 0.1) is 0 Å². The van der Waals surface area contributed by atoms with Gasteiger partial charge in [-0.15, -0.1) is 0 Å². The molecular formula is C10H6BrNO3. The molecule has 76 valence electrons. The molecule has 0 unspecified atom stereocenters. The van der Waals surface area contributed by atoms with E-state index in [0.717, 1.165) is 0 Å². The first-order chi connectivity index (χ1) is 7.11. The van der Waals surface area contributed by atoms with E-state index < -0.39 is 5.97 Å². The van der Waals surface area contributed by atoms with E-state index in [1.807, 2.05) is 0 Å². The number of phenols is 1. The highest BCUT2D eigenvalue weighted by Gasteiger charge is 2.14. The Kier molecular flexibility index (Phi) is 2.32. The van der Waals surface area contributed by atoms with Crippen LogP contribution < -0.4 is 0 Å². The van der Waals surface area contributed by atoms with E-state index >= 15 is 0 Å². The lowest BCUT2D eigenvalue weighted by atomic mass is 10.1. The summed E-state index contributed by atoms with van der Waals surface area (Å²) in [5.41, 5.74) is -0.0738. The van der Waals surface area contributed by atoms with E-state index in [9.17, 15) is 9.90 Å². The molecule has 2 N–H and O–H groups in total. The number of hydrogen-bond donors (Lipinski definition) is 2. The van der Waals surface area contributed by atoms with Crippen LogP contribution in [0.4, 0.5) is 0 Å². The van der Waals surface area contributed by atoms with E-state index in [-0.39, 0.29) is 11.4 Å². The minimum atomic E-state index is -1.12. The highest BCUT2D eigenvalue weighted by Crippen LogP contribution is 2.32. The Morgan fingerprint density at radius 1 is 1.33 bits per heavy atom. The van der Waals surface area contributed by atoms with Crippen LogP contribution in [-0.2, 0) is 0 Å². The smallest absolute Gasteiger partial charge is 0.355 e. The number of nitrogens with zero attached hydrogens (tertiary/aromatic N) is 1. The molecule has 0 atom stereocenters. The van der Waals surface area contributed by atoms with Crippen LogP contribution >= 0.6 is 15.9 Å². The molecule has 0 aliphatic rings. The zero-order valence-electron chi connectivity index (χ0n) is 7.44. The highest BCUT2D eigenvalue weighted by molar-refractivity contribution is 9.10. The van der Waals surface area contributed by atoms with Gasteiger partial charge in [-0.3, -0.25) is 0 Å².